The summed E-state index contributed by atoms with van der Waals surface area (Å²) < 4.78 is 0. The van der Waals surface area contributed by atoms with Crippen molar-refractivity contribution in [1.82, 2.24) is 25.8 Å². The van der Waals surface area contributed by atoms with Crippen molar-refractivity contribution in [3.05, 3.63) is 72.3 Å². The first-order chi connectivity index (χ1) is 13.1. The lowest BCUT2D eigenvalue weighted by Crippen LogP contribution is -2.32. The first-order valence-electron chi connectivity index (χ1n) is 7.83. The van der Waals surface area contributed by atoms with E-state index in [1.54, 1.807) is 36.4 Å². The summed E-state index contributed by atoms with van der Waals surface area (Å²) in [7, 11) is 0. The zero-order chi connectivity index (χ0) is 19.1. The fourth-order valence-corrected chi connectivity index (χ4v) is 2.06. The fourth-order valence-electron chi connectivity index (χ4n) is 2.06. The second-order valence-electron chi connectivity index (χ2n) is 5.24. The van der Waals surface area contributed by atoms with Crippen LogP contribution in [0, 0.1) is 0 Å². The molecule has 2 heterocycles. The molecule has 0 aliphatic rings. The number of carbonyl (C=O) groups excluding carboxylic acids is 2. The molecule has 0 bridgehead atoms. The Kier molecular flexibility index (Phi) is 5.38. The lowest BCUT2D eigenvalue weighted by atomic mass is 10.2. The molecule has 10 heteroatoms. The number of nitrogens with one attached hydrogen (secondary N) is 4. The summed E-state index contributed by atoms with van der Waals surface area (Å²) in [6, 6.07) is 11.8. The zero-order valence-corrected chi connectivity index (χ0v) is 14.0. The van der Waals surface area contributed by atoms with Gasteiger partial charge in [-0.25, -0.2) is 9.97 Å². The van der Waals surface area contributed by atoms with Gasteiger partial charge in [0.15, 0.2) is 11.6 Å². The molecule has 6 N–H and O–H groups in total. The molecule has 10 nitrogen and oxygen atoms in total. The SMILES string of the molecule is Nc1c(NNC(=O)c2ccccc2)ncnc1NNC(=O)c1ccncc1. The highest BCUT2D eigenvalue weighted by atomic mass is 16.2. The Morgan fingerprint density at radius 1 is 0.778 bits per heavy atom. The molecule has 2 amide bonds. The molecule has 0 unspecified atom stereocenters. The molecule has 27 heavy (non-hydrogen) atoms. The van der Waals surface area contributed by atoms with Crippen LogP contribution in [-0.2, 0) is 0 Å². The molecule has 0 atom stereocenters. The van der Waals surface area contributed by atoms with Gasteiger partial charge in [-0.1, -0.05) is 18.2 Å². The highest BCUT2D eigenvalue weighted by molar-refractivity contribution is 5.96. The van der Waals surface area contributed by atoms with Crippen LogP contribution < -0.4 is 27.4 Å². The number of anilines is 3. The van der Waals surface area contributed by atoms with E-state index in [0.29, 0.717) is 11.1 Å². The summed E-state index contributed by atoms with van der Waals surface area (Å²) in [6.07, 6.45) is 4.24. The minimum absolute atomic E-state index is 0.112. The van der Waals surface area contributed by atoms with Crippen molar-refractivity contribution in [3.8, 4) is 0 Å². The summed E-state index contributed by atoms with van der Waals surface area (Å²) in [5.74, 6) is -0.393. The number of rotatable bonds is 6. The summed E-state index contributed by atoms with van der Waals surface area (Å²) in [4.78, 5) is 35.9. The van der Waals surface area contributed by atoms with Crippen LogP contribution in [0.15, 0.2) is 61.2 Å². The standard InChI is InChI=1S/C17H16N8O2/c18-13-14(22-24-16(26)11-4-2-1-3-5-11)20-10-21-15(13)23-25-17(27)12-6-8-19-9-7-12/h1-10H,18H2,(H,24,26)(H,25,27)(H2,20,21,22,23). The average molecular weight is 364 g/mol. The van der Waals surface area contributed by atoms with Gasteiger partial charge in [0.05, 0.1) is 0 Å². The lowest BCUT2D eigenvalue weighted by molar-refractivity contribution is 0.0954. The number of nitrogens with two attached hydrogens (primary N) is 1. The number of hydrazine groups is 2. The van der Waals surface area contributed by atoms with Gasteiger partial charge in [0.25, 0.3) is 11.8 Å². The van der Waals surface area contributed by atoms with E-state index in [4.69, 9.17) is 5.73 Å². The number of nitrogen functional groups attached to an aromatic ring is 1. The quantitative estimate of drug-likeness (QED) is 0.407. The maximum atomic E-state index is 12.1. The van der Waals surface area contributed by atoms with Gasteiger partial charge in [0.2, 0.25) is 0 Å². The number of pyridine rings is 1. The molecule has 136 valence electrons. The number of amides is 2. The molecule has 0 fully saturated rings. The van der Waals surface area contributed by atoms with E-state index in [2.05, 4.69) is 36.7 Å². The van der Waals surface area contributed by atoms with Crippen molar-refractivity contribution in [2.75, 3.05) is 16.6 Å². The van der Waals surface area contributed by atoms with Crippen LogP contribution >= 0.6 is 0 Å². The Balaban J connectivity index is 1.62. The van der Waals surface area contributed by atoms with Gasteiger partial charge >= 0.3 is 0 Å². The molecule has 3 rings (SSSR count). The van der Waals surface area contributed by atoms with Gasteiger partial charge in [-0.3, -0.25) is 36.3 Å². The highest BCUT2D eigenvalue weighted by Crippen LogP contribution is 2.21. The van der Waals surface area contributed by atoms with Crippen LogP contribution in [0.2, 0.25) is 0 Å². The Labute approximate surface area is 154 Å². The molecule has 0 radical (unpaired) electrons. The van der Waals surface area contributed by atoms with Crippen molar-refractivity contribution in [3.63, 3.8) is 0 Å². The van der Waals surface area contributed by atoms with Crippen LogP contribution in [0.4, 0.5) is 17.3 Å². The maximum Gasteiger partial charge on any atom is 0.269 e. The molecule has 0 spiro atoms. The van der Waals surface area contributed by atoms with E-state index < -0.39 is 0 Å². The minimum Gasteiger partial charge on any atom is -0.393 e. The summed E-state index contributed by atoms with van der Waals surface area (Å²) in [5, 5.41) is 0. The highest BCUT2D eigenvalue weighted by Gasteiger charge is 2.11. The van der Waals surface area contributed by atoms with E-state index in [9.17, 15) is 9.59 Å². The van der Waals surface area contributed by atoms with Gasteiger partial charge in [0.1, 0.15) is 12.0 Å². The monoisotopic (exact) mass is 364 g/mol. The Morgan fingerprint density at radius 3 is 1.85 bits per heavy atom. The minimum atomic E-state index is -0.387. The molecule has 0 aliphatic heterocycles. The van der Waals surface area contributed by atoms with Crippen LogP contribution in [0.25, 0.3) is 0 Å². The van der Waals surface area contributed by atoms with Crippen molar-refractivity contribution < 1.29 is 9.59 Å². The third-order valence-corrected chi connectivity index (χ3v) is 3.45. The van der Waals surface area contributed by atoms with Crippen molar-refractivity contribution >= 4 is 29.1 Å². The molecule has 0 aliphatic carbocycles. The first kappa shape index (κ1) is 17.6. The summed E-state index contributed by atoms with van der Waals surface area (Å²) in [6.45, 7) is 0. The number of nitrogens with zero attached hydrogens (tertiary/aromatic N) is 3. The largest absolute Gasteiger partial charge is 0.393 e. The van der Waals surface area contributed by atoms with Crippen LogP contribution in [0.1, 0.15) is 20.7 Å². The second kappa shape index (κ2) is 8.25. The van der Waals surface area contributed by atoms with Gasteiger partial charge in [0, 0.05) is 23.5 Å². The van der Waals surface area contributed by atoms with E-state index in [1.165, 1.54) is 18.7 Å². The zero-order valence-electron chi connectivity index (χ0n) is 14.0. The number of hydrogen-bond donors (Lipinski definition) is 5. The average Bonchev–Trinajstić information content (AvgIpc) is 2.73. The fraction of sp³-hybridized carbons (Fsp3) is 0. The summed E-state index contributed by atoms with van der Waals surface area (Å²) in [5.41, 5.74) is 17.2. The third-order valence-electron chi connectivity index (χ3n) is 3.45. The van der Waals surface area contributed by atoms with Gasteiger partial charge in [-0.05, 0) is 24.3 Å². The topological polar surface area (TPSA) is 147 Å². The van der Waals surface area contributed by atoms with E-state index in [1.807, 2.05) is 6.07 Å². The van der Waals surface area contributed by atoms with Crippen molar-refractivity contribution in [2.45, 2.75) is 0 Å². The van der Waals surface area contributed by atoms with E-state index in [-0.39, 0.29) is 29.1 Å². The molecular formula is C17H16N8O2. The first-order valence-corrected chi connectivity index (χ1v) is 7.83. The Bertz CT molecular complexity index is 860. The van der Waals surface area contributed by atoms with Crippen molar-refractivity contribution in [1.29, 1.82) is 0 Å². The Hall–Kier alpha value is -4.21. The van der Waals surface area contributed by atoms with Gasteiger partial charge < -0.3 is 5.73 Å². The van der Waals surface area contributed by atoms with Crippen LogP contribution in [0.3, 0.4) is 0 Å². The molecule has 0 saturated carbocycles. The molecule has 0 saturated heterocycles. The predicted octanol–water partition coefficient (Wildman–Crippen LogP) is 0.968. The molecular weight excluding hydrogens is 348 g/mol. The number of aromatic nitrogens is 3. The lowest BCUT2D eigenvalue weighted by Gasteiger charge is -2.13. The molecule has 3 aromatic rings. The van der Waals surface area contributed by atoms with Crippen LogP contribution in [-0.4, -0.2) is 26.8 Å². The Morgan fingerprint density at radius 2 is 1.30 bits per heavy atom. The van der Waals surface area contributed by atoms with Gasteiger partial charge in [-0.2, -0.15) is 0 Å². The number of hydrogen-bond acceptors (Lipinski definition) is 8. The van der Waals surface area contributed by atoms with Crippen LogP contribution in [0.5, 0.6) is 0 Å². The normalized spacial score (nSPS) is 9.93. The predicted molar refractivity (Wildman–Crippen MR) is 99.3 cm³/mol. The van der Waals surface area contributed by atoms with E-state index in [0.717, 1.165) is 0 Å². The van der Waals surface area contributed by atoms with Gasteiger partial charge in [-0.15, -0.1) is 0 Å². The van der Waals surface area contributed by atoms with E-state index >= 15 is 0 Å². The maximum absolute atomic E-state index is 12.1. The third kappa shape index (κ3) is 4.45. The second-order valence-corrected chi connectivity index (χ2v) is 5.24. The molecule has 1 aromatic carbocycles. The summed E-state index contributed by atoms with van der Waals surface area (Å²) >= 11 is 0. The molecule has 2 aromatic heterocycles. The smallest absolute Gasteiger partial charge is 0.269 e. The number of carbonyl (C=O) groups is 2. The number of benzene rings is 1. The van der Waals surface area contributed by atoms with Crippen molar-refractivity contribution in [2.24, 2.45) is 0 Å².